The lowest BCUT2D eigenvalue weighted by Gasteiger charge is -2.26. The SMILES string of the molecule is CC(=O)OC1CCOc2cc(Oc3ccc(C(=O)NCCc4ccc(Cl)cc4)cc3[N+](=O)[O-])c(Cl)cc21. The molecule has 3 aromatic rings. The molecular formula is C26H22Cl2N2O7. The third-order valence-electron chi connectivity index (χ3n) is 5.61. The van der Waals surface area contributed by atoms with Gasteiger partial charge >= 0.3 is 11.7 Å². The molecule has 0 fully saturated rings. The van der Waals surface area contributed by atoms with Crippen molar-refractivity contribution < 1.29 is 28.7 Å². The number of rotatable bonds is 8. The summed E-state index contributed by atoms with van der Waals surface area (Å²) in [6.07, 6.45) is 0.529. The first-order chi connectivity index (χ1) is 17.7. The molecule has 192 valence electrons. The van der Waals surface area contributed by atoms with Crippen molar-refractivity contribution in [1.82, 2.24) is 5.32 Å². The van der Waals surface area contributed by atoms with Gasteiger partial charge in [0.2, 0.25) is 5.75 Å². The van der Waals surface area contributed by atoms with E-state index in [0.29, 0.717) is 42.3 Å². The van der Waals surface area contributed by atoms with E-state index in [-0.39, 0.29) is 22.1 Å². The number of esters is 1. The van der Waals surface area contributed by atoms with Crippen molar-refractivity contribution in [3.63, 3.8) is 0 Å². The van der Waals surface area contributed by atoms with E-state index in [1.807, 2.05) is 12.1 Å². The van der Waals surface area contributed by atoms with Crippen molar-refractivity contribution >= 4 is 40.8 Å². The highest BCUT2D eigenvalue weighted by atomic mass is 35.5. The maximum Gasteiger partial charge on any atom is 0.312 e. The molecule has 1 aliphatic heterocycles. The van der Waals surface area contributed by atoms with Crippen molar-refractivity contribution in [3.05, 3.63) is 91.4 Å². The largest absolute Gasteiger partial charge is 0.493 e. The zero-order valence-corrected chi connectivity index (χ0v) is 21.2. The maximum absolute atomic E-state index is 12.6. The van der Waals surface area contributed by atoms with E-state index in [4.69, 9.17) is 37.4 Å². The summed E-state index contributed by atoms with van der Waals surface area (Å²) in [5, 5.41) is 15.3. The molecule has 9 nitrogen and oxygen atoms in total. The Morgan fingerprint density at radius 2 is 1.86 bits per heavy atom. The Morgan fingerprint density at radius 1 is 1.11 bits per heavy atom. The molecule has 1 amide bonds. The molecule has 1 atom stereocenters. The molecule has 37 heavy (non-hydrogen) atoms. The number of carbonyl (C=O) groups excluding carboxylic acids is 2. The van der Waals surface area contributed by atoms with Gasteiger partial charge in [0, 0.05) is 48.2 Å². The zero-order chi connectivity index (χ0) is 26.5. The molecule has 0 aliphatic carbocycles. The van der Waals surface area contributed by atoms with Crippen LogP contribution in [0.5, 0.6) is 17.2 Å². The number of halogens is 2. The van der Waals surface area contributed by atoms with Crippen LogP contribution in [0.2, 0.25) is 10.0 Å². The maximum atomic E-state index is 12.6. The molecule has 0 saturated carbocycles. The Morgan fingerprint density at radius 3 is 2.57 bits per heavy atom. The van der Waals surface area contributed by atoms with Gasteiger partial charge in [0.25, 0.3) is 5.91 Å². The fraction of sp³-hybridized carbons (Fsp3) is 0.231. The second-order valence-electron chi connectivity index (χ2n) is 8.23. The molecular weight excluding hydrogens is 523 g/mol. The summed E-state index contributed by atoms with van der Waals surface area (Å²) >= 11 is 12.3. The van der Waals surface area contributed by atoms with Crippen LogP contribution in [-0.2, 0) is 16.0 Å². The summed E-state index contributed by atoms with van der Waals surface area (Å²) in [6, 6.07) is 14.2. The van der Waals surface area contributed by atoms with Crippen LogP contribution in [0.4, 0.5) is 5.69 Å². The van der Waals surface area contributed by atoms with E-state index < -0.39 is 28.6 Å². The molecule has 0 aromatic heterocycles. The second kappa shape index (κ2) is 11.5. The lowest BCUT2D eigenvalue weighted by molar-refractivity contribution is -0.385. The predicted octanol–water partition coefficient (Wildman–Crippen LogP) is 6.05. The molecule has 4 rings (SSSR count). The second-order valence-corrected chi connectivity index (χ2v) is 9.07. The van der Waals surface area contributed by atoms with Crippen molar-refractivity contribution in [2.24, 2.45) is 0 Å². The standard InChI is InChI=1S/C26H22Cl2N2O7/c1-15(31)36-22-9-11-35-24-14-25(20(28)13-19(22)24)37-23-7-4-17(12-21(23)30(33)34)26(32)29-10-8-16-2-5-18(27)6-3-16/h2-7,12-14,22H,8-11H2,1H3,(H,29,32). The van der Waals surface area contributed by atoms with Gasteiger partial charge in [0.05, 0.1) is 16.6 Å². The number of nitro groups is 1. The van der Waals surface area contributed by atoms with E-state index >= 15 is 0 Å². The van der Waals surface area contributed by atoms with Crippen LogP contribution in [0.25, 0.3) is 0 Å². The number of nitrogens with one attached hydrogen (secondary N) is 1. The number of nitro benzene ring substituents is 1. The molecule has 0 spiro atoms. The van der Waals surface area contributed by atoms with Crippen LogP contribution in [0.3, 0.4) is 0 Å². The molecule has 0 radical (unpaired) electrons. The molecule has 0 bridgehead atoms. The molecule has 3 aromatic carbocycles. The quantitative estimate of drug-likeness (QED) is 0.208. The van der Waals surface area contributed by atoms with Crippen LogP contribution in [0.15, 0.2) is 54.6 Å². The Kier molecular flexibility index (Phi) is 8.15. The summed E-state index contributed by atoms with van der Waals surface area (Å²) in [4.78, 5) is 35.1. The van der Waals surface area contributed by atoms with Gasteiger partial charge in [-0.25, -0.2) is 0 Å². The first-order valence-electron chi connectivity index (χ1n) is 11.3. The lowest BCUT2D eigenvalue weighted by atomic mass is 10.0. The average molecular weight is 545 g/mol. The molecule has 1 N–H and O–H groups in total. The number of benzene rings is 3. The molecule has 1 heterocycles. The third kappa shape index (κ3) is 6.49. The minimum absolute atomic E-state index is 0.100. The van der Waals surface area contributed by atoms with Gasteiger partial charge in [-0.15, -0.1) is 0 Å². The summed E-state index contributed by atoms with van der Waals surface area (Å²) in [7, 11) is 0. The number of fused-ring (bicyclic) bond motifs is 1. The summed E-state index contributed by atoms with van der Waals surface area (Å²) < 4.78 is 16.7. The topological polar surface area (TPSA) is 117 Å². The highest BCUT2D eigenvalue weighted by molar-refractivity contribution is 6.32. The van der Waals surface area contributed by atoms with Crippen LogP contribution in [0.1, 0.15) is 40.9 Å². The van der Waals surface area contributed by atoms with Crippen molar-refractivity contribution in [1.29, 1.82) is 0 Å². The number of hydrogen-bond donors (Lipinski definition) is 1. The zero-order valence-electron chi connectivity index (χ0n) is 19.7. The van der Waals surface area contributed by atoms with Gasteiger partial charge in [0.15, 0.2) is 0 Å². The van der Waals surface area contributed by atoms with Gasteiger partial charge in [0.1, 0.15) is 17.6 Å². The first-order valence-corrected chi connectivity index (χ1v) is 12.1. The highest BCUT2D eigenvalue weighted by Gasteiger charge is 2.27. The number of amides is 1. The van der Waals surface area contributed by atoms with Gasteiger partial charge in [-0.05, 0) is 42.3 Å². The minimum atomic E-state index is -0.640. The predicted molar refractivity (Wildman–Crippen MR) is 137 cm³/mol. The Labute approximate surface area is 222 Å². The molecule has 1 unspecified atom stereocenters. The smallest absolute Gasteiger partial charge is 0.312 e. The number of nitrogens with zero attached hydrogens (tertiary/aromatic N) is 1. The van der Waals surface area contributed by atoms with E-state index in [2.05, 4.69) is 5.32 Å². The fourth-order valence-electron chi connectivity index (χ4n) is 3.84. The van der Waals surface area contributed by atoms with Crippen LogP contribution >= 0.6 is 23.2 Å². The van der Waals surface area contributed by atoms with Crippen LogP contribution in [-0.4, -0.2) is 30.0 Å². The average Bonchev–Trinajstić information content (AvgIpc) is 2.86. The van der Waals surface area contributed by atoms with Gasteiger partial charge < -0.3 is 19.5 Å². The number of hydrogen-bond acceptors (Lipinski definition) is 7. The third-order valence-corrected chi connectivity index (χ3v) is 6.15. The van der Waals surface area contributed by atoms with E-state index in [0.717, 1.165) is 11.6 Å². The molecule has 11 heteroatoms. The fourth-order valence-corrected chi connectivity index (χ4v) is 4.18. The van der Waals surface area contributed by atoms with Gasteiger partial charge in [-0.3, -0.25) is 19.7 Å². The number of carbonyl (C=O) groups is 2. The van der Waals surface area contributed by atoms with E-state index in [9.17, 15) is 19.7 Å². The van der Waals surface area contributed by atoms with Crippen molar-refractivity contribution in [2.75, 3.05) is 13.2 Å². The Balaban J connectivity index is 1.49. The van der Waals surface area contributed by atoms with Crippen LogP contribution < -0.4 is 14.8 Å². The summed E-state index contributed by atoms with van der Waals surface area (Å²) in [5.74, 6) is -0.473. The highest BCUT2D eigenvalue weighted by Crippen LogP contribution is 2.43. The number of ether oxygens (including phenoxy) is 3. The monoisotopic (exact) mass is 544 g/mol. The van der Waals surface area contributed by atoms with Gasteiger partial charge in [-0.1, -0.05) is 35.3 Å². The van der Waals surface area contributed by atoms with Crippen molar-refractivity contribution in [3.8, 4) is 17.2 Å². The summed E-state index contributed by atoms with van der Waals surface area (Å²) in [6.45, 7) is 1.97. The van der Waals surface area contributed by atoms with E-state index in [1.54, 1.807) is 18.2 Å². The normalized spacial score (nSPS) is 14.2. The summed E-state index contributed by atoms with van der Waals surface area (Å²) in [5.41, 5.74) is 1.28. The van der Waals surface area contributed by atoms with E-state index in [1.165, 1.54) is 25.1 Å². The molecule has 0 saturated heterocycles. The van der Waals surface area contributed by atoms with Gasteiger partial charge in [-0.2, -0.15) is 0 Å². The van der Waals surface area contributed by atoms with Crippen LogP contribution in [0, 0.1) is 10.1 Å². The lowest BCUT2D eigenvalue weighted by Crippen LogP contribution is -2.25. The molecule has 1 aliphatic rings. The minimum Gasteiger partial charge on any atom is -0.493 e. The van der Waals surface area contributed by atoms with Crippen molar-refractivity contribution in [2.45, 2.75) is 25.9 Å². The Hall–Kier alpha value is -3.82. The Bertz CT molecular complexity index is 1350. The first kappa shape index (κ1) is 26.2.